The lowest BCUT2D eigenvalue weighted by atomic mass is 9.77. The van der Waals surface area contributed by atoms with Crippen LogP contribution >= 0.6 is 0 Å². The van der Waals surface area contributed by atoms with Crippen LogP contribution in [-0.2, 0) is 11.8 Å². The van der Waals surface area contributed by atoms with Crippen LogP contribution in [0.1, 0.15) is 78.4 Å². The van der Waals surface area contributed by atoms with Crippen LogP contribution in [0.25, 0.3) is 71.1 Å². The summed E-state index contributed by atoms with van der Waals surface area (Å²) in [6.07, 6.45) is 30.7. The Bertz CT molecular complexity index is 3710. The molecule has 4 aromatic heterocycles. The predicted molar refractivity (Wildman–Crippen MR) is 282 cm³/mol. The first-order valence-electron chi connectivity index (χ1n) is 24.4. The Labute approximate surface area is 387 Å². The van der Waals surface area contributed by atoms with E-state index in [2.05, 4.69) is 224 Å². The smallest absolute Gasteiger partial charge is 0.0641 e. The van der Waals surface area contributed by atoms with Gasteiger partial charge in [0.2, 0.25) is 0 Å². The summed E-state index contributed by atoms with van der Waals surface area (Å²) in [5, 5.41) is 9.41. The van der Waals surface area contributed by atoms with Crippen LogP contribution < -0.4 is 15.0 Å². The highest BCUT2D eigenvalue weighted by Gasteiger charge is 2.33. The van der Waals surface area contributed by atoms with Crippen molar-refractivity contribution < 1.29 is 0 Å². The van der Waals surface area contributed by atoms with Crippen LogP contribution in [0.2, 0.25) is 0 Å². The lowest BCUT2D eigenvalue weighted by molar-refractivity contribution is 0.293. The van der Waals surface area contributed by atoms with Crippen LogP contribution in [0.15, 0.2) is 170 Å². The zero-order valence-electron chi connectivity index (χ0n) is 39.1. The molecule has 0 saturated carbocycles. The second-order valence-electron chi connectivity index (χ2n) is 21.6. The molecule has 5 aromatic carbocycles. The average Bonchev–Trinajstić information content (AvgIpc) is 4.06. The molecule has 0 radical (unpaired) electrons. The average molecular weight is 859 g/mol. The van der Waals surface area contributed by atoms with Gasteiger partial charge in [0.1, 0.15) is 0 Å². The van der Waals surface area contributed by atoms with Gasteiger partial charge in [-0.25, -0.2) is 0 Å². The maximum Gasteiger partial charge on any atom is 0.0641 e. The minimum Gasteiger partial charge on any atom is -0.337 e. The molecule has 66 heavy (non-hydrogen) atoms. The Kier molecular flexibility index (Phi) is 8.61. The van der Waals surface area contributed by atoms with Crippen LogP contribution in [0.3, 0.4) is 0 Å². The van der Waals surface area contributed by atoms with E-state index in [0.29, 0.717) is 5.92 Å². The predicted octanol–water partition coefficient (Wildman–Crippen LogP) is 15.1. The number of nitrogens with zero attached hydrogens (tertiary/aromatic N) is 4. The molecule has 4 heteroatoms. The Morgan fingerprint density at radius 3 is 1.86 bits per heavy atom. The number of allylic oxidation sites excluding steroid dienone is 7. The van der Waals surface area contributed by atoms with Gasteiger partial charge in [0.25, 0.3) is 0 Å². The van der Waals surface area contributed by atoms with E-state index in [9.17, 15) is 0 Å². The molecule has 13 rings (SSSR count). The molecule has 9 aromatic rings. The van der Waals surface area contributed by atoms with Gasteiger partial charge in [-0.2, -0.15) is 0 Å². The minimum absolute atomic E-state index is 0.0943. The first-order chi connectivity index (χ1) is 32.0. The third-order valence-electron chi connectivity index (χ3n) is 15.7. The van der Waals surface area contributed by atoms with Crippen molar-refractivity contribution in [2.24, 2.45) is 11.3 Å². The van der Waals surface area contributed by atoms with Crippen LogP contribution in [0.5, 0.6) is 0 Å². The van der Waals surface area contributed by atoms with Gasteiger partial charge in [0.05, 0.1) is 50.9 Å². The zero-order valence-corrected chi connectivity index (χ0v) is 39.1. The molecule has 3 atom stereocenters. The molecular weight excluding hydrogens is 801 g/mol. The summed E-state index contributed by atoms with van der Waals surface area (Å²) < 4.78 is 5.23. The Morgan fingerprint density at radius 2 is 1.20 bits per heavy atom. The summed E-state index contributed by atoms with van der Waals surface area (Å²) in [4.78, 5) is 5.32. The van der Waals surface area contributed by atoms with Crippen molar-refractivity contribution in [2.75, 3.05) is 9.80 Å². The van der Waals surface area contributed by atoms with E-state index in [1.807, 2.05) is 0 Å². The zero-order chi connectivity index (χ0) is 44.6. The van der Waals surface area contributed by atoms with Gasteiger partial charge in [0, 0.05) is 54.6 Å². The molecule has 0 amide bonds. The summed E-state index contributed by atoms with van der Waals surface area (Å²) in [6.45, 7) is 14.0. The molecule has 326 valence electrons. The number of aromatic nitrogens is 2. The monoisotopic (exact) mass is 858 g/mol. The van der Waals surface area contributed by atoms with Gasteiger partial charge in [-0.05, 0) is 109 Å². The van der Waals surface area contributed by atoms with Crippen molar-refractivity contribution in [3.05, 3.63) is 186 Å². The van der Waals surface area contributed by atoms with Crippen LogP contribution in [-0.4, -0.2) is 20.9 Å². The molecule has 0 fully saturated rings. The Morgan fingerprint density at radius 1 is 0.545 bits per heavy atom. The number of para-hydroxylation sites is 2. The highest BCUT2D eigenvalue weighted by Crippen LogP contribution is 2.48. The highest BCUT2D eigenvalue weighted by molar-refractivity contribution is 6.28. The SMILES string of the molecule is CC(C)(C)c1ccc(N(C2=c3c4ccccc4n4c3c(c3cc5c(cc34)c3ccc(N(C4=CCC(C(C)(C)C)C=C4)C4C=CC=CC4)c4c6ccccc6n5c34)CC2)C2C=CC=CC2)cc1. The first kappa shape index (κ1) is 39.6. The van der Waals surface area contributed by atoms with Crippen molar-refractivity contribution in [3.8, 4) is 0 Å². The van der Waals surface area contributed by atoms with Crippen molar-refractivity contribution >= 4 is 82.5 Å². The normalized spacial score (nSPS) is 19.9. The van der Waals surface area contributed by atoms with Gasteiger partial charge in [-0.1, -0.05) is 157 Å². The third kappa shape index (κ3) is 5.76. The summed E-state index contributed by atoms with van der Waals surface area (Å²) in [6, 6.07) is 38.2. The maximum atomic E-state index is 2.68. The van der Waals surface area contributed by atoms with Gasteiger partial charge < -0.3 is 18.6 Å². The lowest BCUT2D eigenvalue weighted by Crippen LogP contribution is -2.37. The van der Waals surface area contributed by atoms with Crippen LogP contribution in [0.4, 0.5) is 11.4 Å². The summed E-state index contributed by atoms with van der Waals surface area (Å²) in [5.41, 5.74) is 16.3. The number of fused-ring (bicyclic) bond motifs is 12. The minimum atomic E-state index is 0.0943. The van der Waals surface area contributed by atoms with E-state index in [1.165, 1.54) is 105 Å². The topological polar surface area (TPSA) is 15.3 Å². The number of anilines is 2. The molecule has 0 bridgehead atoms. The third-order valence-corrected chi connectivity index (χ3v) is 15.7. The highest BCUT2D eigenvalue weighted by atomic mass is 15.2. The van der Waals surface area contributed by atoms with Gasteiger partial charge in [-0.15, -0.1) is 0 Å². The first-order valence-corrected chi connectivity index (χ1v) is 24.4. The standard InChI is InChI=1S/C62H58N4/c1-61(2,3)39-25-29-43(30-26-39)63(41-17-9-7-10-18-41)53-35-33-45-49-37-56-50(38-55(49)65-51-23-15-13-21-47(51)57(53)59(45)65)46-34-36-54(58-48-22-14-16-24-52(48)66(56)60(46)58)64(42-19-11-8-12-20-42)44-31-27-40(28-32-44)62(4,5)6/h7-17,19,21-27,29-32,34,36-38,40-42H,18,20,28,33,35H2,1-6H3. The van der Waals surface area contributed by atoms with Crippen molar-refractivity contribution in [1.82, 2.24) is 8.80 Å². The van der Waals surface area contributed by atoms with Crippen molar-refractivity contribution in [1.29, 1.82) is 0 Å². The van der Waals surface area contributed by atoms with E-state index in [1.54, 1.807) is 0 Å². The fourth-order valence-electron chi connectivity index (χ4n) is 12.3. The molecular formula is C62H58N4. The number of aryl methyl sites for hydroxylation is 1. The molecule has 0 aliphatic heterocycles. The van der Waals surface area contributed by atoms with E-state index >= 15 is 0 Å². The molecule has 4 nitrogen and oxygen atoms in total. The molecule has 4 aliphatic rings. The van der Waals surface area contributed by atoms with Crippen LogP contribution in [0, 0.1) is 11.3 Å². The Hall–Kier alpha value is -6.78. The summed E-state index contributed by atoms with van der Waals surface area (Å²) in [7, 11) is 0. The molecule has 0 saturated heterocycles. The second kappa shape index (κ2) is 14.4. The van der Waals surface area contributed by atoms with E-state index < -0.39 is 0 Å². The summed E-state index contributed by atoms with van der Waals surface area (Å²) >= 11 is 0. The number of hydrogen-bond donors (Lipinski definition) is 0. The number of benzene rings is 5. The van der Waals surface area contributed by atoms with E-state index in [-0.39, 0.29) is 22.9 Å². The molecule has 0 spiro atoms. The molecule has 0 N–H and O–H groups in total. The van der Waals surface area contributed by atoms with Crippen molar-refractivity contribution in [3.63, 3.8) is 0 Å². The molecule has 3 unspecified atom stereocenters. The van der Waals surface area contributed by atoms with Gasteiger partial charge in [0.15, 0.2) is 0 Å². The van der Waals surface area contributed by atoms with Gasteiger partial charge in [-0.3, -0.25) is 0 Å². The molecule has 4 heterocycles. The van der Waals surface area contributed by atoms with Crippen molar-refractivity contribution in [2.45, 2.75) is 91.1 Å². The fraction of sp³-hybridized carbons (Fsp3) is 0.258. The molecule has 4 aliphatic carbocycles. The second-order valence-corrected chi connectivity index (χ2v) is 21.6. The Balaban J connectivity index is 1.06. The fourth-order valence-corrected chi connectivity index (χ4v) is 12.3. The lowest BCUT2D eigenvalue weighted by Gasteiger charge is -2.37. The van der Waals surface area contributed by atoms with Gasteiger partial charge >= 0.3 is 0 Å². The summed E-state index contributed by atoms with van der Waals surface area (Å²) in [5.74, 6) is 0.518. The number of hydrogen-bond acceptors (Lipinski definition) is 2. The number of rotatable bonds is 6. The van der Waals surface area contributed by atoms with E-state index in [0.717, 1.165) is 32.1 Å². The quantitative estimate of drug-likeness (QED) is 0.166. The maximum absolute atomic E-state index is 2.68. The largest absolute Gasteiger partial charge is 0.337 e. The van der Waals surface area contributed by atoms with E-state index in [4.69, 9.17) is 0 Å².